The molecule has 0 radical (unpaired) electrons. The average molecular weight is 228 g/mol. The number of hydrogen-bond donors (Lipinski definition) is 1. The predicted octanol–water partition coefficient (Wildman–Crippen LogP) is 2.32. The van der Waals surface area contributed by atoms with E-state index >= 15 is 0 Å². The zero-order chi connectivity index (χ0) is 10.5. The minimum Gasteiger partial charge on any atom is -0.388 e. The fourth-order valence-electron chi connectivity index (χ4n) is 1.62. The van der Waals surface area contributed by atoms with Crippen molar-refractivity contribution in [1.29, 1.82) is 0 Å². The Hall–Kier alpha value is -0.420. The quantitative estimate of drug-likeness (QED) is 0.859. The van der Waals surface area contributed by atoms with Gasteiger partial charge in [0.1, 0.15) is 0 Å². The number of aliphatic hydroxyl groups is 1. The van der Waals surface area contributed by atoms with Crippen molar-refractivity contribution in [2.45, 2.75) is 31.7 Å². The van der Waals surface area contributed by atoms with Crippen LogP contribution in [0.5, 0.6) is 0 Å². The minimum absolute atomic E-state index is 0.117. The zero-order valence-electron chi connectivity index (χ0n) is 8.59. The van der Waals surface area contributed by atoms with E-state index in [0.717, 1.165) is 30.9 Å². The molecule has 0 amide bonds. The number of ether oxygens (including phenoxy) is 2. The lowest BCUT2D eigenvalue weighted by Crippen LogP contribution is -2.25. The van der Waals surface area contributed by atoms with Crippen LogP contribution >= 0.6 is 11.3 Å². The Morgan fingerprint density at radius 1 is 1.47 bits per heavy atom. The maximum absolute atomic E-state index is 9.84. The molecule has 0 bridgehead atoms. The number of thiophene rings is 1. The third kappa shape index (κ3) is 3.28. The van der Waals surface area contributed by atoms with Crippen molar-refractivity contribution in [3.63, 3.8) is 0 Å². The molecule has 1 aliphatic heterocycles. The molecule has 84 valence electrons. The van der Waals surface area contributed by atoms with Crippen LogP contribution in [-0.2, 0) is 9.47 Å². The first-order valence-corrected chi connectivity index (χ1v) is 6.19. The van der Waals surface area contributed by atoms with Crippen molar-refractivity contribution in [3.05, 3.63) is 22.4 Å². The Morgan fingerprint density at radius 2 is 2.27 bits per heavy atom. The Morgan fingerprint density at radius 3 is 2.93 bits per heavy atom. The van der Waals surface area contributed by atoms with Crippen LogP contribution < -0.4 is 0 Å². The molecule has 1 atom stereocenters. The summed E-state index contributed by atoms with van der Waals surface area (Å²) in [7, 11) is 0. The molecule has 1 N–H and O–H groups in total. The van der Waals surface area contributed by atoms with Gasteiger partial charge in [0, 0.05) is 11.3 Å². The Bertz CT molecular complexity index is 267. The van der Waals surface area contributed by atoms with Crippen LogP contribution in [0.4, 0.5) is 0 Å². The molecule has 0 spiro atoms. The summed E-state index contributed by atoms with van der Waals surface area (Å²) in [4.78, 5) is 1.02. The van der Waals surface area contributed by atoms with Gasteiger partial charge in [-0.05, 0) is 24.3 Å². The maximum Gasteiger partial charge on any atom is 0.157 e. The van der Waals surface area contributed by atoms with E-state index in [2.05, 4.69) is 0 Å². The van der Waals surface area contributed by atoms with E-state index in [0.29, 0.717) is 6.42 Å². The van der Waals surface area contributed by atoms with Crippen LogP contribution in [0.15, 0.2) is 17.5 Å². The van der Waals surface area contributed by atoms with Crippen molar-refractivity contribution in [3.8, 4) is 0 Å². The molecule has 1 aliphatic rings. The Kier molecular flexibility index (Phi) is 4.14. The lowest BCUT2D eigenvalue weighted by molar-refractivity contribution is -0.183. The molecule has 15 heavy (non-hydrogen) atoms. The summed E-state index contributed by atoms with van der Waals surface area (Å²) in [6, 6.07) is 3.91. The molecule has 4 heteroatoms. The van der Waals surface area contributed by atoms with Crippen molar-refractivity contribution >= 4 is 11.3 Å². The summed E-state index contributed by atoms with van der Waals surface area (Å²) in [6.45, 7) is 1.56. The first kappa shape index (κ1) is 11.1. The second-order valence-corrected chi connectivity index (χ2v) is 4.61. The lowest BCUT2D eigenvalue weighted by Gasteiger charge is -2.23. The highest BCUT2D eigenvalue weighted by Crippen LogP contribution is 2.24. The van der Waals surface area contributed by atoms with Crippen LogP contribution in [0.2, 0.25) is 0 Å². The Balaban J connectivity index is 1.73. The van der Waals surface area contributed by atoms with Gasteiger partial charge in [-0.2, -0.15) is 0 Å². The van der Waals surface area contributed by atoms with Gasteiger partial charge < -0.3 is 14.6 Å². The summed E-state index contributed by atoms with van der Waals surface area (Å²) in [5.74, 6) is 0. The second kappa shape index (κ2) is 5.61. The monoisotopic (exact) mass is 228 g/mol. The van der Waals surface area contributed by atoms with Gasteiger partial charge in [0.05, 0.1) is 19.3 Å². The van der Waals surface area contributed by atoms with Crippen LogP contribution in [0.1, 0.15) is 30.2 Å². The van der Waals surface area contributed by atoms with E-state index in [1.165, 1.54) is 0 Å². The average Bonchev–Trinajstić information content (AvgIpc) is 2.81. The smallest absolute Gasteiger partial charge is 0.157 e. The number of hydrogen-bond acceptors (Lipinski definition) is 4. The predicted molar refractivity (Wildman–Crippen MR) is 58.8 cm³/mol. The molecule has 1 unspecified atom stereocenters. The van der Waals surface area contributed by atoms with Gasteiger partial charge >= 0.3 is 0 Å². The highest BCUT2D eigenvalue weighted by molar-refractivity contribution is 7.10. The van der Waals surface area contributed by atoms with Gasteiger partial charge in [0.2, 0.25) is 0 Å². The normalized spacial score (nSPS) is 20.3. The second-order valence-electron chi connectivity index (χ2n) is 3.63. The highest BCUT2D eigenvalue weighted by atomic mass is 32.1. The standard InChI is InChI=1S/C11H16O3S/c12-9(10-3-1-8-15-10)4-5-11-13-6-2-7-14-11/h1,3,8-9,11-12H,2,4-7H2. The van der Waals surface area contributed by atoms with Crippen LogP contribution in [0, 0.1) is 0 Å². The van der Waals surface area contributed by atoms with Crippen molar-refractivity contribution < 1.29 is 14.6 Å². The van der Waals surface area contributed by atoms with Crippen molar-refractivity contribution in [2.75, 3.05) is 13.2 Å². The summed E-state index contributed by atoms with van der Waals surface area (Å²) in [6.07, 6.45) is 1.95. The first-order valence-electron chi connectivity index (χ1n) is 5.31. The lowest BCUT2D eigenvalue weighted by atomic mass is 10.1. The molecular formula is C11H16O3S. The molecule has 2 heterocycles. The van der Waals surface area contributed by atoms with Crippen LogP contribution in [0.3, 0.4) is 0 Å². The first-order chi connectivity index (χ1) is 7.36. The largest absolute Gasteiger partial charge is 0.388 e. The van der Waals surface area contributed by atoms with Crippen LogP contribution in [-0.4, -0.2) is 24.6 Å². The third-order valence-corrected chi connectivity index (χ3v) is 3.42. The SMILES string of the molecule is OC(CCC1OCCCO1)c1cccs1. The van der Waals surface area contributed by atoms with Crippen molar-refractivity contribution in [1.82, 2.24) is 0 Å². The fourth-order valence-corrected chi connectivity index (χ4v) is 2.37. The van der Waals surface area contributed by atoms with E-state index in [1.54, 1.807) is 11.3 Å². The minimum atomic E-state index is -0.376. The van der Waals surface area contributed by atoms with Gasteiger partial charge in [0.15, 0.2) is 6.29 Å². The third-order valence-electron chi connectivity index (χ3n) is 2.44. The molecule has 3 nitrogen and oxygen atoms in total. The summed E-state index contributed by atoms with van der Waals surface area (Å²) >= 11 is 1.59. The molecule has 1 saturated heterocycles. The molecule has 2 rings (SSSR count). The molecule has 0 saturated carbocycles. The summed E-state index contributed by atoms with van der Waals surface area (Å²) < 4.78 is 10.8. The molecule has 1 aromatic rings. The van der Waals surface area contributed by atoms with Gasteiger partial charge in [-0.25, -0.2) is 0 Å². The molecule has 1 aromatic heterocycles. The number of rotatable bonds is 4. The Labute approximate surface area is 93.6 Å². The highest BCUT2D eigenvalue weighted by Gasteiger charge is 2.17. The van der Waals surface area contributed by atoms with Gasteiger partial charge in [-0.3, -0.25) is 0 Å². The molecule has 1 fully saturated rings. The van der Waals surface area contributed by atoms with E-state index in [4.69, 9.17) is 9.47 Å². The number of aliphatic hydroxyl groups excluding tert-OH is 1. The molecule has 0 aromatic carbocycles. The molecule has 0 aliphatic carbocycles. The fraction of sp³-hybridized carbons (Fsp3) is 0.636. The van der Waals surface area contributed by atoms with E-state index in [-0.39, 0.29) is 12.4 Å². The zero-order valence-corrected chi connectivity index (χ0v) is 9.41. The van der Waals surface area contributed by atoms with Crippen LogP contribution in [0.25, 0.3) is 0 Å². The van der Waals surface area contributed by atoms with E-state index < -0.39 is 0 Å². The van der Waals surface area contributed by atoms with Gasteiger partial charge in [0.25, 0.3) is 0 Å². The maximum atomic E-state index is 9.84. The van der Waals surface area contributed by atoms with E-state index in [9.17, 15) is 5.11 Å². The van der Waals surface area contributed by atoms with E-state index in [1.807, 2.05) is 17.5 Å². The topological polar surface area (TPSA) is 38.7 Å². The van der Waals surface area contributed by atoms with Gasteiger partial charge in [-0.15, -0.1) is 11.3 Å². The van der Waals surface area contributed by atoms with Crippen molar-refractivity contribution in [2.24, 2.45) is 0 Å². The summed E-state index contributed by atoms with van der Waals surface area (Å²) in [5, 5.41) is 11.8. The molecular weight excluding hydrogens is 212 g/mol. The van der Waals surface area contributed by atoms with Gasteiger partial charge in [-0.1, -0.05) is 6.07 Å². The summed E-state index contributed by atoms with van der Waals surface area (Å²) in [5.41, 5.74) is 0.